The minimum absolute atomic E-state index is 0.184. The van der Waals surface area contributed by atoms with Crippen LogP contribution in [0.3, 0.4) is 0 Å². The van der Waals surface area contributed by atoms with Crippen molar-refractivity contribution in [3.05, 3.63) is 35.1 Å². The maximum absolute atomic E-state index is 14.1. The van der Waals surface area contributed by atoms with E-state index in [2.05, 4.69) is 18.7 Å². The molecule has 1 amide bonds. The lowest BCUT2D eigenvalue weighted by Gasteiger charge is -2.38. The van der Waals surface area contributed by atoms with Crippen LogP contribution in [0.25, 0.3) is 0 Å². The Morgan fingerprint density at radius 3 is 2.52 bits per heavy atom. The van der Waals surface area contributed by atoms with E-state index in [1.807, 2.05) is 0 Å². The Kier molecular flexibility index (Phi) is 4.99. The molecule has 0 bridgehead atoms. The Labute approximate surface area is 126 Å². The van der Waals surface area contributed by atoms with Gasteiger partial charge in [0.05, 0.1) is 5.56 Å². The third-order valence-electron chi connectivity index (χ3n) is 4.52. The SMILES string of the molecule is Cc1cccc(C(=O)N(C)C2CCN(C(C)C)CC2)c1F. The summed E-state index contributed by atoms with van der Waals surface area (Å²) in [5.41, 5.74) is 0.702. The van der Waals surface area contributed by atoms with Gasteiger partial charge in [0.25, 0.3) is 5.91 Å². The summed E-state index contributed by atoms with van der Waals surface area (Å²) in [5, 5.41) is 0. The summed E-state index contributed by atoms with van der Waals surface area (Å²) in [6.07, 6.45) is 1.90. The Balaban J connectivity index is 2.05. The number of piperidine rings is 1. The molecule has 0 radical (unpaired) electrons. The summed E-state index contributed by atoms with van der Waals surface area (Å²) < 4.78 is 14.1. The predicted molar refractivity (Wildman–Crippen MR) is 83.0 cm³/mol. The fourth-order valence-corrected chi connectivity index (χ4v) is 2.96. The van der Waals surface area contributed by atoms with E-state index in [-0.39, 0.29) is 17.5 Å². The molecular weight excluding hydrogens is 267 g/mol. The molecule has 0 N–H and O–H groups in total. The van der Waals surface area contributed by atoms with Gasteiger partial charge >= 0.3 is 0 Å². The minimum Gasteiger partial charge on any atom is -0.339 e. The normalized spacial score (nSPS) is 17.2. The summed E-state index contributed by atoms with van der Waals surface area (Å²) >= 11 is 0. The van der Waals surface area contributed by atoms with Crippen LogP contribution >= 0.6 is 0 Å². The zero-order valence-corrected chi connectivity index (χ0v) is 13.4. The lowest BCUT2D eigenvalue weighted by Crippen LogP contribution is -2.47. The quantitative estimate of drug-likeness (QED) is 0.855. The molecule has 0 atom stereocenters. The average Bonchev–Trinajstić information content (AvgIpc) is 2.48. The lowest BCUT2D eigenvalue weighted by molar-refractivity contribution is 0.0611. The highest BCUT2D eigenvalue weighted by Gasteiger charge is 2.28. The van der Waals surface area contributed by atoms with Crippen LogP contribution in [0.15, 0.2) is 18.2 Å². The largest absolute Gasteiger partial charge is 0.339 e. The van der Waals surface area contributed by atoms with Crippen LogP contribution < -0.4 is 0 Å². The van der Waals surface area contributed by atoms with E-state index in [0.29, 0.717) is 11.6 Å². The number of carbonyl (C=O) groups excluding carboxylic acids is 1. The Bertz CT molecular complexity index is 508. The van der Waals surface area contributed by atoms with E-state index in [9.17, 15) is 9.18 Å². The zero-order valence-electron chi connectivity index (χ0n) is 13.4. The van der Waals surface area contributed by atoms with Crippen LogP contribution in [0, 0.1) is 12.7 Å². The molecule has 1 aliphatic heterocycles. The van der Waals surface area contributed by atoms with Crippen molar-refractivity contribution >= 4 is 5.91 Å². The van der Waals surface area contributed by atoms with Crippen molar-refractivity contribution < 1.29 is 9.18 Å². The van der Waals surface area contributed by atoms with Crippen molar-refractivity contribution in [2.75, 3.05) is 20.1 Å². The van der Waals surface area contributed by atoms with Crippen LogP contribution in [0.1, 0.15) is 42.6 Å². The van der Waals surface area contributed by atoms with Crippen molar-refractivity contribution in [3.63, 3.8) is 0 Å². The predicted octanol–water partition coefficient (Wildman–Crippen LogP) is 3.08. The third kappa shape index (κ3) is 3.43. The molecule has 1 heterocycles. The molecule has 0 aliphatic carbocycles. The first-order valence-corrected chi connectivity index (χ1v) is 7.68. The van der Waals surface area contributed by atoms with Gasteiger partial charge in [-0.15, -0.1) is 0 Å². The first-order valence-electron chi connectivity index (χ1n) is 7.68. The van der Waals surface area contributed by atoms with Gasteiger partial charge in [0.15, 0.2) is 0 Å². The molecule has 3 nitrogen and oxygen atoms in total. The van der Waals surface area contributed by atoms with E-state index in [4.69, 9.17) is 0 Å². The van der Waals surface area contributed by atoms with Crippen molar-refractivity contribution in [2.24, 2.45) is 0 Å². The summed E-state index contributed by atoms with van der Waals surface area (Å²) in [5.74, 6) is -0.604. The van der Waals surface area contributed by atoms with E-state index in [0.717, 1.165) is 25.9 Å². The highest BCUT2D eigenvalue weighted by Crippen LogP contribution is 2.20. The molecule has 21 heavy (non-hydrogen) atoms. The van der Waals surface area contributed by atoms with E-state index >= 15 is 0 Å². The second-order valence-corrected chi connectivity index (χ2v) is 6.21. The maximum atomic E-state index is 14.1. The number of amides is 1. The average molecular weight is 292 g/mol. The van der Waals surface area contributed by atoms with Crippen molar-refractivity contribution in [1.82, 2.24) is 9.80 Å². The molecule has 1 saturated heterocycles. The molecule has 1 aliphatic rings. The Morgan fingerprint density at radius 1 is 1.33 bits per heavy atom. The number of halogens is 1. The number of rotatable bonds is 3. The summed E-state index contributed by atoms with van der Waals surface area (Å²) in [6, 6.07) is 5.74. The second-order valence-electron chi connectivity index (χ2n) is 6.21. The topological polar surface area (TPSA) is 23.6 Å². The number of likely N-dealkylation sites (tertiary alicyclic amines) is 1. The smallest absolute Gasteiger partial charge is 0.256 e. The first-order chi connectivity index (χ1) is 9.91. The van der Waals surface area contributed by atoms with Crippen LogP contribution in [-0.4, -0.2) is 47.9 Å². The monoisotopic (exact) mass is 292 g/mol. The van der Waals surface area contributed by atoms with Crippen LogP contribution in [0.5, 0.6) is 0 Å². The van der Waals surface area contributed by atoms with Gasteiger partial charge in [0, 0.05) is 32.2 Å². The molecule has 4 heteroatoms. The summed E-state index contributed by atoms with van der Waals surface area (Å²) in [4.78, 5) is 16.6. The van der Waals surface area contributed by atoms with Crippen LogP contribution in [-0.2, 0) is 0 Å². The molecule has 1 fully saturated rings. The van der Waals surface area contributed by atoms with Crippen molar-refractivity contribution in [1.29, 1.82) is 0 Å². The van der Waals surface area contributed by atoms with Crippen LogP contribution in [0.2, 0.25) is 0 Å². The molecule has 0 unspecified atom stereocenters. The molecule has 0 spiro atoms. The highest BCUT2D eigenvalue weighted by molar-refractivity contribution is 5.94. The van der Waals surface area contributed by atoms with Crippen LogP contribution in [0.4, 0.5) is 4.39 Å². The molecule has 0 aromatic heterocycles. The van der Waals surface area contributed by atoms with Crippen molar-refractivity contribution in [3.8, 4) is 0 Å². The van der Waals surface area contributed by atoms with Crippen molar-refractivity contribution in [2.45, 2.75) is 45.7 Å². The molecule has 1 aromatic rings. The fourth-order valence-electron chi connectivity index (χ4n) is 2.96. The number of benzene rings is 1. The number of aryl methyl sites for hydroxylation is 1. The second kappa shape index (κ2) is 6.56. The van der Waals surface area contributed by atoms with Gasteiger partial charge in [-0.3, -0.25) is 4.79 Å². The number of nitrogens with zero attached hydrogens (tertiary/aromatic N) is 2. The molecule has 2 rings (SSSR count). The number of carbonyl (C=O) groups is 1. The fraction of sp³-hybridized carbons (Fsp3) is 0.588. The molecule has 1 aromatic carbocycles. The molecular formula is C17H25FN2O. The Hall–Kier alpha value is -1.42. The highest BCUT2D eigenvalue weighted by atomic mass is 19.1. The standard InChI is InChI=1S/C17H25FN2O/c1-12(2)20-10-8-14(9-11-20)19(4)17(21)15-7-5-6-13(3)16(15)18/h5-7,12,14H,8-11H2,1-4H3. The lowest BCUT2D eigenvalue weighted by atomic mass is 10.0. The number of hydrogen-bond donors (Lipinski definition) is 0. The maximum Gasteiger partial charge on any atom is 0.256 e. The van der Waals surface area contributed by atoms with Gasteiger partial charge in [-0.1, -0.05) is 12.1 Å². The minimum atomic E-state index is -0.394. The molecule has 0 saturated carbocycles. The van der Waals surface area contributed by atoms with Gasteiger partial charge in [0.2, 0.25) is 0 Å². The summed E-state index contributed by atoms with van der Waals surface area (Å²) in [7, 11) is 1.79. The zero-order chi connectivity index (χ0) is 15.6. The number of hydrogen-bond acceptors (Lipinski definition) is 2. The van der Waals surface area contributed by atoms with Gasteiger partial charge in [-0.2, -0.15) is 0 Å². The third-order valence-corrected chi connectivity index (χ3v) is 4.52. The first kappa shape index (κ1) is 16.0. The van der Waals surface area contributed by atoms with Gasteiger partial charge in [-0.25, -0.2) is 4.39 Å². The van der Waals surface area contributed by atoms with Gasteiger partial charge < -0.3 is 9.80 Å². The van der Waals surface area contributed by atoms with E-state index in [1.165, 1.54) is 0 Å². The summed E-state index contributed by atoms with van der Waals surface area (Å²) in [6.45, 7) is 8.06. The van der Waals surface area contributed by atoms with E-state index < -0.39 is 5.82 Å². The van der Waals surface area contributed by atoms with Gasteiger partial charge in [0.1, 0.15) is 5.82 Å². The van der Waals surface area contributed by atoms with E-state index in [1.54, 1.807) is 37.1 Å². The Morgan fingerprint density at radius 2 is 1.95 bits per heavy atom. The molecule has 116 valence electrons. The van der Waals surface area contributed by atoms with Gasteiger partial charge in [-0.05, 0) is 45.2 Å².